The molecule has 0 aliphatic carbocycles. The van der Waals surface area contributed by atoms with Crippen LogP contribution in [-0.4, -0.2) is 11.0 Å². The summed E-state index contributed by atoms with van der Waals surface area (Å²) in [5, 5.41) is 3.40. The summed E-state index contributed by atoms with van der Waals surface area (Å²) in [5.74, 6) is 0.873. The summed E-state index contributed by atoms with van der Waals surface area (Å²) in [4.78, 5) is 4.29. The standard InChI is InChI=1S/C16H19BrN2O/c1-12(2)18-9-13-4-3-5-16(8-13)20-11-15-7-6-14(17)10-19-15/h3-8,10,12,18H,9,11H2,1-2H3. The molecule has 0 fully saturated rings. The molecule has 1 N–H and O–H groups in total. The van der Waals surface area contributed by atoms with Crippen LogP contribution in [0.3, 0.4) is 0 Å². The van der Waals surface area contributed by atoms with Gasteiger partial charge in [0.1, 0.15) is 12.4 Å². The first kappa shape index (κ1) is 15.0. The van der Waals surface area contributed by atoms with E-state index in [1.54, 1.807) is 6.20 Å². The second-order valence-corrected chi connectivity index (χ2v) is 5.86. The fourth-order valence-electron chi connectivity index (χ4n) is 1.72. The van der Waals surface area contributed by atoms with Crippen LogP contribution in [0.1, 0.15) is 25.1 Å². The Kier molecular flexibility index (Phi) is 5.56. The number of benzene rings is 1. The van der Waals surface area contributed by atoms with Crippen LogP contribution in [0.25, 0.3) is 0 Å². The van der Waals surface area contributed by atoms with Crippen LogP contribution in [0.5, 0.6) is 5.75 Å². The Hall–Kier alpha value is -1.39. The Morgan fingerprint density at radius 3 is 2.80 bits per heavy atom. The molecule has 0 aliphatic rings. The predicted octanol–water partition coefficient (Wildman–Crippen LogP) is 3.92. The Labute approximate surface area is 128 Å². The van der Waals surface area contributed by atoms with Crippen molar-refractivity contribution < 1.29 is 4.74 Å². The lowest BCUT2D eigenvalue weighted by Crippen LogP contribution is -2.21. The van der Waals surface area contributed by atoms with Gasteiger partial charge in [0, 0.05) is 23.3 Å². The SMILES string of the molecule is CC(C)NCc1cccc(OCc2ccc(Br)cn2)c1. The first-order chi connectivity index (χ1) is 9.63. The van der Waals surface area contributed by atoms with Gasteiger partial charge in [-0.3, -0.25) is 4.98 Å². The number of nitrogens with zero attached hydrogens (tertiary/aromatic N) is 1. The number of nitrogens with one attached hydrogen (secondary N) is 1. The van der Waals surface area contributed by atoms with Gasteiger partial charge in [-0.05, 0) is 45.8 Å². The largest absolute Gasteiger partial charge is 0.487 e. The molecule has 0 unspecified atom stereocenters. The molecule has 0 saturated carbocycles. The molecule has 0 bridgehead atoms. The molecule has 0 radical (unpaired) electrons. The second-order valence-electron chi connectivity index (χ2n) is 4.94. The van der Waals surface area contributed by atoms with Gasteiger partial charge in [0.05, 0.1) is 5.69 Å². The predicted molar refractivity (Wildman–Crippen MR) is 84.7 cm³/mol. The van der Waals surface area contributed by atoms with Gasteiger partial charge >= 0.3 is 0 Å². The molecule has 4 heteroatoms. The average Bonchev–Trinajstić information content (AvgIpc) is 2.45. The lowest BCUT2D eigenvalue weighted by molar-refractivity contribution is 0.301. The van der Waals surface area contributed by atoms with Crippen LogP contribution in [0.15, 0.2) is 47.1 Å². The topological polar surface area (TPSA) is 34.1 Å². The lowest BCUT2D eigenvalue weighted by atomic mass is 10.2. The van der Waals surface area contributed by atoms with E-state index in [2.05, 4.69) is 52.2 Å². The molecule has 0 atom stereocenters. The van der Waals surface area contributed by atoms with E-state index >= 15 is 0 Å². The summed E-state index contributed by atoms with van der Waals surface area (Å²) in [5.41, 5.74) is 2.14. The van der Waals surface area contributed by atoms with Crippen molar-refractivity contribution in [3.05, 3.63) is 58.3 Å². The molecule has 106 valence electrons. The first-order valence-electron chi connectivity index (χ1n) is 6.69. The number of rotatable bonds is 6. The Morgan fingerprint density at radius 1 is 1.25 bits per heavy atom. The van der Waals surface area contributed by atoms with Gasteiger partial charge in [-0.25, -0.2) is 0 Å². The fraction of sp³-hybridized carbons (Fsp3) is 0.312. The van der Waals surface area contributed by atoms with Crippen LogP contribution in [0, 0.1) is 0 Å². The highest BCUT2D eigenvalue weighted by Gasteiger charge is 2.00. The van der Waals surface area contributed by atoms with Crippen LogP contribution >= 0.6 is 15.9 Å². The summed E-state index contributed by atoms with van der Waals surface area (Å²) < 4.78 is 6.75. The zero-order valence-corrected chi connectivity index (χ0v) is 13.4. The number of halogens is 1. The highest BCUT2D eigenvalue weighted by atomic mass is 79.9. The smallest absolute Gasteiger partial charge is 0.130 e. The molecule has 0 amide bonds. The third-order valence-corrected chi connectivity index (χ3v) is 3.26. The average molecular weight is 335 g/mol. The van der Waals surface area contributed by atoms with E-state index in [1.807, 2.05) is 24.3 Å². The zero-order valence-electron chi connectivity index (χ0n) is 11.8. The Balaban J connectivity index is 1.92. The molecule has 20 heavy (non-hydrogen) atoms. The molecule has 1 aromatic carbocycles. The summed E-state index contributed by atoms with van der Waals surface area (Å²) in [7, 11) is 0. The van der Waals surface area contributed by atoms with Gasteiger partial charge in [0.2, 0.25) is 0 Å². The molecule has 2 aromatic rings. The van der Waals surface area contributed by atoms with E-state index in [1.165, 1.54) is 5.56 Å². The highest BCUT2D eigenvalue weighted by Crippen LogP contribution is 2.15. The van der Waals surface area contributed by atoms with E-state index < -0.39 is 0 Å². The van der Waals surface area contributed by atoms with Crippen molar-refractivity contribution in [1.29, 1.82) is 0 Å². The zero-order chi connectivity index (χ0) is 14.4. The van der Waals surface area contributed by atoms with E-state index in [0.717, 1.165) is 22.5 Å². The van der Waals surface area contributed by atoms with Crippen LogP contribution in [0.2, 0.25) is 0 Å². The molecular weight excluding hydrogens is 316 g/mol. The van der Waals surface area contributed by atoms with E-state index in [4.69, 9.17) is 4.74 Å². The van der Waals surface area contributed by atoms with Gasteiger partial charge in [0.25, 0.3) is 0 Å². The van der Waals surface area contributed by atoms with Crippen molar-refractivity contribution in [2.24, 2.45) is 0 Å². The molecule has 1 heterocycles. The number of hydrogen-bond acceptors (Lipinski definition) is 3. The maximum atomic E-state index is 5.77. The van der Waals surface area contributed by atoms with E-state index in [-0.39, 0.29) is 0 Å². The number of aromatic nitrogens is 1. The number of pyridine rings is 1. The van der Waals surface area contributed by atoms with Crippen molar-refractivity contribution in [3.8, 4) is 5.75 Å². The second kappa shape index (κ2) is 7.41. The minimum Gasteiger partial charge on any atom is -0.487 e. The summed E-state index contributed by atoms with van der Waals surface area (Å²) >= 11 is 3.37. The monoisotopic (exact) mass is 334 g/mol. The van der Waals surface area contributed by atoms with Crippen LogP contribution in [-0.2, 0) is 13.2 Å². The summed E-state index contributed by atoms with van der Waals surface area (Å²) in [6, 6.07) is 12.5. The first-order valence-corrected chi connectivity index (χ1v) is 7.48. The van der Waals surface area contributed by atoms with Crippen LogP contribution < -0.4 is 10.1 Å². The van der Waals surface area contributed by atoms with Crippen molar-refractivity contribution in [2.75, 3.05) is 0 Å². The molecule has 2 rings (SSSR count). The van der Waals surface area contributed by atoms with Crippen molar-refractivity contribution >= 4 is 15.9 Å². The number of hydrogen-bond donors (Lipinski definition) is 1. The molecule has 1 aromatic heterocycles. The molecular formula is C16H19BrN2O. The Morgan fingerprint density at radius 2 is 2.10 bits per heavy atom. The quantitative estimate of drug-likeness (QED) is 0.869. The minimum absolute atomic E-state index is 0.478. The normalized spacial score (nSPS) is 10.8. The van der Waals surface area contributed by atoms with Gasteiger partial charge in [-0.2, -0.15) is 0 Å². The van der Waals surface area contributed by atoms with Crippen molar-refractivity contribution in [1.82, 2.24) is 10.3 Å². The van der Waals surface area contributed by atoms with E-state index in [0.29, 0.717) is 12.6 Å². The minimum atomic E-state index is 0.478. The molecule has 3 nitrogen and oxygen atoms in total. The third kappa shape index (κ3) is 4.94. The van der Waals surface area contributed by atoms with Crippen molar-refractivity contribution in [3.63, 3.8) is 0 Å². The Bertz CT molecular complexity index is 540. The van der Waals surface area contributed by atoms with E-state index in [9.17, 15) is 0 Å². The maximum Gasteiger partial charge on any atom is 0.130 e. The lowest BCUT2D eigenvalue weighted by Gasteiger charge is -2.10. The molecule has 0 saturated heterocycles. The summed E-state index contributed by atoms with van der Waals surface area (Å²) in [6.07, 6.45) is 1.78. The maximum absolute atomic E-state index is 5.77. The van der Waals surface area contributed by atoms with Gasteiger partial charge in [-0.15, -0.1) is 0 Å². The highest BCUT2D eigenvalue weighted by molar-refractivity contribution is 9.10. The van der Waals surface area contributed by atoms with Crippen LogP contribution in [0.4, 0.5) is 0 Å². The fourth-order valence-corrected chi connectivity index (χ4v) is 1.95. The molecule has 0 aliphatic heterocycles. The van der Waals surface area contributed by atoms with Gasteiger partial charge in [-0.1, -0.05) is 26.0 Å². The van der Waals surface area contributed by atoms with Crippen molar-refractivity contribution in [2.45, 2.75) is 33.0 Å². The number of ether oxygens (including phenoxy) is 1. The third-order valence-electron chi connectivity index (χ3n) is 2.79. The van der Waals surface area contributed by atoms with Gasteiger partial charge in [0.15, 0.2) is 0 Å². The summed E-state index contributed by atoms with van der Waals surface area (Å²) in [6.45, 7) is 5.61. The molecule has 0 spiro atoms. The van der Waals surface area contributed by atoms with Gasteiger partial charge < -0.3 is 10.1 Å².